The molecule has 2 amide bonds. The van der Waals surface area contributed by atoms with Gasteiger partial charge in [-0.3, -0.25) is 14.4 Å². The van der Waals surface area contributed by atoms with Crippen LogP contribution < -0.4 is 0 Å². The van der Waals surface area contributed by atoms with E-state index in [1.54, 1.807) is 22.8 Å². The number of fused-ring (bicyclic) bond motifs is 1. The number of nitrogens with zero attached hydrogens (tertiary/aromatic N) is 2. The number of amides is 2. The number of unbranched alkanes of at least 4 members (excludes halogenated alkanes) is 1. The predicted molar refractivity (Wildman–Crippen MR) is 119 cm³/mol. The fourth-order valence-corrected chi connectivity index (χ4v) is 6.06. The summed E-state index contributed by atoms with van der Waals surface area (Å²) in [6.45, 7) is 12.8. The van der Waals surface area contributed by atoms with Gasteiger partial charge in [0, 0.05) is 26.2 Å². The van der Waals surface area contributed by atoms with Crippen molar-refractivity contribution in [1.82, 2.24) is 9.80 Å². The number of esters is 1. The largest absolute Gasteiger partial charge is 0.466 e. The summed E-state index contributed by atoms with van der Waals surface area (Å²) in [6, 6.07) is -0.827. The average molecular weight is 451 g/mol. The highest BCUT2D eigenvalue weighted by Gasteiger charge is 2.80. The van der Waals surface area contributed by atoms with Crippen LogP contribution in [0.2, 0.25) is 0 Å². The van der Waals surface area contributed by atoms with Gasteiger partial charge in [-0.25, -0.2) is 0 Å². The van der Waals surface area contributed by atoms with Crippen molar-refractivity contribution >= 4 is 17.8 Å². The number of aliphatic hydroxyl groups is 1. The van der Waals surface area contributed by atoms with Gasteiger partial charge >= 0.3 is 5.97 Å². The van der Waals surface area contributed by atoms with E-state index in [2.05, 4.69) is 13.5 Å². The van der Waals surface area contributed by atoms with Gasteiger partial charge < -0.3 is 24.4 Å². The highest BCUT2D eigenvalue weighted by Crippen LogP contribution is 2.65. The molecule has 6 atom stereocenters. The lowest BCUT2D eigenvalue weighted by molar-refractivity contribution is -0.162. The number of hydrogen-bond donors (Lipinski definition) is 1. The van der Waals surface area contributed by atoms with Crippen molar-refractivity contribution in [3.8, 4) is 0 Å². The summed E-state index contributed by atoms with van der Waals surface area (Å²) in [4.78, 5) is 44.0. The zero-order valence-corrected chi connectivity index (χ0v) is 19.8. The van der Waals surface area contributed by atoms with Gasteiger partial charge in [-0.1, -0.05) is 26.3 Å². The number of hydrogen-bond acceptors (Lipinski definition) is 6. The zero-order valence-electron chi connectivity index (χ0n) is 19.8. The maximum Gasteiger partial charge on any atom is 0.312 e. The highest BCUT2D eigenvalue weighted by atomic mass is 16.6. The summed E-state index contributed by atoms with van der Waals surface area (Å²) in [5.74, 6) is -2.39. The molecule has 0 aromatic rings. The van der Waals surface area contributed by atoms with Gasteiger partial charge in [-0.05, 0) is 39.0 Å². The van der Waals surface area contributed by atoms with Gasteiger partial charge in [0.1, 0.15) is 17.6 Å². The van der Waals surface area contributed by atoms with Crippen LogP contribution in [0.5, 0.6) is 0 Å². The normalized spacial score (nSPS) is 35.2. The summed E-state index contributed by atoms with van der Waals surface area (Å²) in [7, 11) is 0. The Labute approximate surface area is 190 Å². The molecule has 3 saturated heterocycles. The monoisotopic (exact) mass is 450 g/mol. The molecule has 180 valence electrons. The van der Waals surface area contributed by atoms with E-state index in [0.717, 1.165) is 12.8 Å². The molecular formula is C24H38N2O6. The Bertz CT molecular complexity index is 757. The smallest absolute Gasteiger partial charge is 0.312 e. The zero-order chi connectivity index (χ0) is 23.7. The first-order valence-corrected chi connectivity index (χ1v) is 11.9. The predicted octanol–water partition coefficient (Wildman–Crippen LogP) is 1.76. The molecule has 32 heavy (non-hydrogen) atoms. The fraction of sp³-hybridized carbons (Fsp3) is 0.792. The molecule has 3 heterocycles. The van der Waals surface area contributed by atoms with Crippen molar-refractivity contribution in [1.29, 1.82) is 0 Å². The van der Waals surface area contributed by atoms with Crippen LogP contribution in [0.15, 0.2) is 12.7 Å². The lowest BCUT2D eigenvalue weighted by Gasteiger charge is -2.37. The van der Waals surface area contributed by atoms with Gasteiger partial charge in [0.2, 0.25) is 11.8 Å². The van der Waals surface area contributed by atoms with Crippen LogP contribution in [0.4, 0.5) is 0 Å². The van der Waals surface area contributed by atoms with Crippen LogP contribution in [-0.4, -0.2) is 82.8 Å². The van der Waals surface area contributed by atoms with Crippen molar-refractivity contribution < 1.29 is 29.0 Å². The first-order valence-electron chi connectivity index (χ1n) is 11.9. The number of ether oxygens (including phenoxy) is 2. The van der Waals surface area contributed by atoms with Crippen LogP contribution in [0.1, 0.15) is 53.4 Å². The second-order valence-corrected chi connectivity index (χ2v) is 9.49. The molecule has 3 fully saturated rings. The van der Waals surface area contributed by atoms with E-state index in [4.69, 9.17) is 9.47 Å². The molecule has 3 unspecified atom stereocenters. The molecule has 1 N–H and O–H groups in total. The van der Waals surface area contributed by atoms with E-state index in [1.807, 2.05) is 13.8 Å². The van der Waals surface area contributed by atoms with Crippen LogP contribution in [0.3, 0.4) is 0 Å². The second-order valence-electron chi connectivity index (χ2n) is 9.49. The van der Waals surface area contributed by atoms with Crippen molar-refractivity contribution in [2.45, 2.75) is 70.6 Å². The third kappa shape index (κ3) is 3.65. The minimum atomic E-state index is -1.07. The minimum absolute atomic E-state index is 0.0162. The number of rotatable bonds is 11. The number of aliphatic hydroxyl groups excluding tert-OH is 1. The van der Waals surface area contributed by atoms with E-state index in [1.165, 1.54) is 0 Å². The van der Waals surface area contributed by atoms with Crippen LogP contribution in [-0.2, 0) is 23.9 Å². The summed E-state index contributed by atoms with van der Waals surface area (Å²) in [6.07, 6.45) is 4.34. The number of carbonyl (C=O) groups is 3. The Morgan fingerprint density at radius 3 is 2.69 bits per heavy atom. The molecule has 8 heteroatoms. The van der Waals surface area contributed by atoms with E-state index in [-0.39, 0.29) is 37.5 Å². The van der Waals surface area contributed by atoms with E-state index < -0.39 is 35.0 Å². The van der Waals surface area contributed by atoms with Gasteiger partial charge in [-0.2, -0.15) is 0 Å². The molecule has 0 saturated carbocycles. The molecule has 1 spiro atoms. The maximum atomic E-state index is 13.9. The molecule has 3 aliphatic rings. The van der Waals surface area contributed by atoms with Gasteiger partial charge in [-0.15, -0.1) is 6.58 Å². The highest BCUT2D eigenvalue weighted by molar-refractivity contribution is 5.98. The van der Waals surface area contributed by atoms with E-state index in [0.29, 0.717) is 25.9 Å². The SMILES string of the molecule is C=CCN(CCCC)C(=O)C1N(CCCO)C(=O)[C@@H]2[C@H](C(=O)OCC)[C@@]3(C)OC12CC3C. The van der Waals surface area contributed by atoms with Gasteiger partial charge in [0.05, 0.1) is 18.1 Å². The van der Waals surface area contributed by atoms with E-state index >= 15 is 0 Å². The summed E-state index contributed by atoms with van der Waals surface area (Å²) < 4.78 is 12.0. The molecular weight excluding hydrogens is 412 g/mol. The average Bonchev–Trinajstić information content (AvgIpc) is 3.26. The van der Waals surface area contributed by atoms with Crippen molar-refractivity contribution in [2.24, 2.45) is 17.8 Å². The second kappa shape index (κ2) is 9.51. The Kier molecular flexibility index (Phi) is 7.34. The third-order valence-corrected chi connectivity index (χ3v) is 7.59. The van der Waals surface area contributed by atoms with Gasteiger partial charge in [0.25, 0.3) is 0 Å². The summed E-state index contributed by atoms with van der Waals surface area (Å²) >= 11 is 0. The molecule has 2 bridgehead atoms. The molecule has 0 aromatic carbocycles. The molecule has 0 aliphatic carbocycles. The summed E-state index contributed by atoms with van der Waals surface area (Å²) in [5, 5.41) is 9.42. The molecule has 3 rings (SSSR count). The first-order chi connectivity index (χ1) is 15.2. The van der Waals surface area contributed by atoms with Gasteiger partial charge in [0.15, 0.2) is 0 Å². The fourth-order valence-electron chi connectivity index (χ4n) is 6.06. The molecule has 0 radical (unpaired) electrons. The molecule has 3 aliphatic heterocycles. The van der Waals surface area contributed by atoms with Crippen molar-refractivity contribution in [3.05, 3.63) is 12.7 Å². The topological polar surface area (TPSA) is 96.4 Å². The quantitative estimate of drug-likeness (QED) is 0.381. The third-order valence-electron chi connectivity index (χ3n) is 7.59. The minimum Gasteiger partial charge on any atom is -0.466 e. The van der Waals surface area contributed by atoms with Crippen LogP contribution >= 0.6 is 0 Å². The first kappa shape index (κ1) is 24.7. The number of carbonyl (C=O) groups excluding carboxylic acids is 3. The molecule has 8 nitrogen and oxygen atoms in total. The lowest BCUT2D eigenvalue weighted by Crippen LogP contribution is -2.56. The maximum absolute atomic E-state index is 13.9. The van der Waals surface area contributed by atoms with Crippen molar-refractivity contribution in [3.63, 3.8) is 0 Å². The Morgan fingerprint density at radius 2 is 2.09 bits per heavy atom. The molecule has 0 aromatic heterocycles. The van der Waals surface area contributed by atoms with Crippen molar-refractivity contribution in [2.75, 3.05) is 32.8 Å². The van der Waals surface area contributed by atoms with Crippen LogP contribution in [0.25, 0.3) is 0 Å². The summed E-state index contributed by atoms with van der Waals surface area (Å²) in [5.41, 5.74) is -1.93. The standard InChI is InChI=1S/C24H38N2O6/c1-6-9-12-25(11-7-2)21(29)19-24-15-16(4)23(5,32-24)18(22(30)31-8-3)17(24)20(28)26(19)13-10-14-27/h7,16-19,27H,2,6,8-15H2,1,3-5H3/t16?,17-,18+,19?,23-,24?/m0/s1. The lowest BCUT2D eigenvalue weighted by atomic mass is 9.62. The van der Waals surface area contributed by atoms with E-state index in [9.17, 15) is 19.5 Å². The Morgan fingerprint density at radius 1 is 1.38 bits per heavy atom. The van der Waals surface area contributed by atoms with Crippen LogP contribution in [0, 0.1) is 17.8 Å². The Hall–Kier alpha value is -1.93. The number of likely N-dealkylation sites (tertiary alicyclic amines) is 1. The Balaban J connectivity index is 2.07.